The molecule has 0 unspecified atom stereocenters. The monoisotopic (exact) mass is 312 g/mol. The molecular formula is C18H20N2O3. The van der Waals surface area contributed by atoms with Crippen LogP contribution in [0.25, 0.3) is 0 Å². The summed E-state index contributed by atoms with van der Waals surface area (Å²) in [5.41, 5.74) is 1.37. The Morgan fingerprint density at radius 2 is 1.83 bits per heavy atom. The molecule has 3 rings (SSSR count). The second kappa shape index (κ2) is 7.13. The molecule has 0 bridgehead atoms. The number of nitrogens with zero attached hydrogens (tertiary/aromatic N) is 1. The zero-order valence-corrected chi connectivity index (χ0v) is 13.0. The van der Waals surface area contributed by atoms with Gasteiger partial charge in [0, 0.05) is 37.2 Å². The second-order valence-corrected chi connectivity index (χ2v) is 5.70. The van der Waals surface area contributed by atoms with E-state index >= 15 is 0 Å². The van der Waals surface area contributed by atoms with E-state index < -0.39 is 0 Å². The Hall–Kier alpha value is -2.56. The number of amides is 2. The molecule has 1 aliphatic heterocycles. The van der Waals surface area contributed by atoms with Gasteiger partial charge in [-0.15, -0.1) is 0 Å². The summed E-state index contributed by atoms with van der Waals surface area (Å²) < 4.78 is 5.20. The summed E-state index contributed by atoms with van der Waals surface area (Å²) in [6.07, 6.45) is 4.70. The zero-order valence-electron chi connectivity index (χ0n) is 13.0. The number of rotatable bonds is 5. The van der Waals surface area contributed by atoms with Gasteiger partial charge in [0.2, 0.25) is 5.91 Å². The Bertz CT molecular complexity index is 656. The average molecular weight is 312 g/mol. The largest absolute Gasteiger partial charge is 0.469 e. The number of aryl methyl sites for hydroxylation is 1. The molecule has 5 nitrogen and oxygen atoms in total. The molecule has 0 spiro atoms. The van der Waals surface area contributed by atoms with Crippen LogP contribution in [0.15, 0.2) is 47.1 Å². The van der Waals surface area contributed by atoms with E-state index in [1.165, 1.54) is 0 Å². The number of furan rings is 1. The summed E-state index contributed by atoms with van der Waals surface area (Å²) in [5, 5.41) is 2.83. The van der Waals surface area contributed by atoms with Crippen molar-refractivity contribution in [1.82, 2.24) is 4.90 Å². The molecule has 0 aliphatic carbocycles. The zero-order chi connectivity index (χ0) is 16.1. The molecule has 2 amide bonds. The molecule has 120 valence electrons. The van der Waals surface area contributed by atoms with Crippen molar-refractivity contribution in [1.29, 1.82) is 0 Å². The van der Waals surface area contributed by atoms with Crippen molar-refractivity contribution in [2.45, 2.75) is 25.7 Å². The van der Waals surface area contributed by atoms with Gasteiger partial charge in [-0.3, -0.25) is 9.59 Å². The van der Waals surface area contributed by atoms with E-state index in [2.05, 4.69) is 5.32 Å². The third-order valence-electron chi connectivity index (χ3n) is 3.99. The molecule has 0 radical (unpaired) electrons. The van der Waals surface area contributed by atoms with Gasteiger partial charge in [0.25, 0.3) is 5.91 Å². The molecule has 1 aromatic carbocycles. The summed E-state index contributed by atoms with van der Waals surface area (Å²) in [4.78, 5) is 26.0. The van der Waals surface area contributed by atoms with Crippen LogP contribution >= 0.6 is 0 Å². The summed E-state index contributed by atoms with van der Waals surface area (Å²) >= 11 is 0. The molecule has 5 heteroatoms. The first kappa shape index (κ1) is 15.3. The van der Waals surface area contributed by atoms with Gasteiger partial charge >= 0.3 is 0 Å². The lowest BCUT2D eigenvalue weighted by Gasteiger charge is -2.15. The van der Waals surface area contributed by atoms with Crippen LogP contribution in [0.5, 0.6) is 0 Å². The van der Waals surface area contributed by atoms with Gasteiger partial charge in [0.1, 0.15) is 5.76 Å². The van der Waals surface area contributed by atoms with Gasteiger partial charge in [-0.1, -0.05) is 0 Å². The molecule has 1 saturated heterocycles. The minimum absolute atomic E-state index is 0.0678. The van der Waals surface area contributed by atoms with Crippen molar-refractivity contribution >= 4 is 17.5 Å². The lowest BCUT2D eigenvalue weighted by Crippen LogP contribution is -2.27. The Morgan fingerprint density at radius 3 is 2.48 bits per heavy atom. The molecule has 1 N–H and O–H groups in total. The number of carbonyl (C=O) groups excluding carboxylic acids is 2. The molecule has 1 aromatic heterocycles. The first-order valence-corrected chi connectivity index (χ1v) is 7.94. The van der Waals surface area contributed by atoms with Crippen LogP contribution in [0.4, 0.5) is 5.69 Å². The molecule has 1 aliphatic rings. The first-order chi connectivity index (χ1) is 11.2. The van der Waals surface area contributed by atoms with Crippen LogP contribution < -0.4 is 5.32 Å². The highest BCUT2D eigenvalue weighted by Crippen LogP contribution is 2.16. The van der Waals surface area contributed by atoms with E-state index in [9.17, 15) is 9.59 Å². The molecule has 23 heavy (non-hydrogen) atoms. The van der Waals surface area contributed by atoms with Crippen LogP contribution in [0.2, 0.25) is 0 Å². The van der Waals surface area contributed by atoms with Crippen LogP contribution in [-0.2, 0) is 11.2 Å². The number of benzene rings is 1. The third-order valence-corrected chi connectivity index (χ3v) is 3.99. The van der Waals surface area contributed by atoms with E-state index in [0.29, 0.717) is 24.1 Å². The predicted molar refractivity (Wildman–Crippen MR) is 87.2 cm³/mol. The van der Waals surface area contributed by atoms with Gasteiger partial charge in [-0.25, -0.2) is 0 Å². The fourth-order valence-electron chi connectivity index (χ4n) is 2.71. The summed E-state index contributed by atoms with van der Waals surface area (Å²) in [6, 6.07) is 10.7. The lowest BCUT2D eigenvalue weighted by molar-refractivity contribution is -0.116. The van der Waals surface area contributed by atoms with Gasteiger partial charge in [0.05, 0.1) is 6.26 Å². The molecule has 0 atom stereocenters. The summed E-state index contributed by atoms with van der Waals surface area (Å²) in [6.45, 7) is 1.67. The van der Waals surface area contributed by atoms with Crippen LogP contribution in [0.3, 0.4) is 0 Å². The Kier molecular flexibility index (Phi) is 4.76. The normalized spacial score (nSPS) is 14.0. The fourth-order valence-corrected chi connectivity index (χ4v) is 2.71. The number of nitrogens with one attached hydrogen (secondary N) is 1. The van der Waals surface area contributed by atoms with E-state index in [1.54, 1.807) is 30.5 Å². The topological polar surface area (TPSA) is 62.6 Å². The molecular weight excluding hydrogens is 292 g/mol. The number of carbonyl (C=O) groups is 2. The SMILES string of the molecule is O=C(CCc1ccco1)Nc1ccc(C(=O)N2CCCC2)cc1. The highest BCUT2D eigenvalue weighted by molar-refractivity contribution is 5.96. The fraction of sp³-hybridized carbons (Fsp3) is 0.333. The van der Waals surface area contributed by atoms with E-state index in [1.807, 2.05) is 17.0 Å². The number of likely N-dealkylation sites (tertiary alicyclic amines) is 1. The van der Waals surface area contributed by atoms with E-state index in [4.69, 9.17) is 4.42 Å². The highest BCUT2D eigenvalue weighted by atomic mass is 16.3. The average Bonchev–Trinajstić information content (AvgIpc) is 3.26. The standard InChI is InChI=1S/C18H20N2O3/c21-17(10-9-16-4-3-13-23-16)19-15-7-5-14(6-8-15)18(22)20-11-1-2-12-20/h3-8,13H,1-2,9-12H2,(H,19,21). The maximum Gasteiger partial charge on any atom is 0.253 e. The van der Waals surface area contributed by atoms with Gasteiger partial charge in [-0.2, -0.15) is 0 Å². The van der Waals surface area contributed by atoms with Gasteiger partial charge in [0.15, 0.2) is 0 Å². The van der Waals surface area contributed by atoms with Crippen LogP contribution in [0.1, 0.15) is 35.4 Å². The van der Waals surface area contributed by atoms with E-state index in [0.717, 1.165) is 31.7 Å². The number of hydrogen-bond acceptors (Lipinski definition) is 3. The Morgan fingerprint density at radius 1 is 1.09 bits per heavy atom. The quantitative estimate of drug-likeness (QED) is 0.923. The van der Waals surface area contributed by atoms with Crippen LogP contribution in [-0.4, -0.2) is 29.8 Å². The molecule has 2 heterocycles. The van der Waals surface area contributed by atoms with Crippen molar-refractivity contribution in [3.05, 3.63) is 54.0 Å². The summed E-state index contributed by atoms with van der Waals surface area (Å²) in [7, 11) is 0. The van der Waals surface area contributed by atoms with Crippen LogP contribution in [0, 0.1) is 0 Å². The number of hydrogen-bond donors (Lipinski definition) is 1. The predicted octanol–water partition coefficient (Wildman–Crippen LogP) is 3.09. The Balaban J connectivity index is 1.52. The molecule has 1 fully saturated rings. The molecule has 2 aromatic rings. The van der Waals surface area contributed by atoms with Crippen molar-refractivity contribution in [3.63, 3.8) is 0 Å². The minimum atomic E-state index is -0.0694. The van der Waals surface area contributed by atoms with Crippen molar-refractivity contribution < 1.29 is 14.0 Å². The minimum Gasteiger partial charge on any atom is -0.469 e. The van der Waals surface area contributed by atoms with Crippen molar-refractivity contribution in [2.75, 3.05) is 18.4 Å². The third kappa shape index (κ3) is 4.00. The second-order valence-electron chi connectivity index (χ2n) is 5.70. The summed E-state index contributed by atoms with van der Waals surface area (Å²) in [5.74, 6) is 0.796. The Labute approximate surface area is 135 Å². The van der Waals surface area contributed by atoms with Crippen molar-refractivity contribution in [2.24, 2.45) is 0 Å². The van der Waals surface area contributed by atoms with Gasteiger partial charge < -0.3 is 14.6 Å². The molecule has 0 saturated carbocycles. The maximum absolute atomic E-state index is 12.2. The smallest absolute Gasteiger partial charge is 0.253 e. The highest BCUT2D eigenvalue weighted by Gasteiger charge is 2.19. The lowest BCUT2D eigenvalue weighted by atomic mass is 10.1. The van der Waals surface area contributed by atoms with E-state index in [-0.39, 0.29) is 11.8 Å². The first-order valence-electron chi connectivity index (χ1n) is 7.94. The van der Waals surface area contributed by atoms with Gasteiger partial charge in [-0.05, 0) is 49.2 Å². The maximum atomic E-state index is 12.2. The number of anilines is 1. The van der Waals surface area contributed by atoms with Crippen molar-refractivity contribution in [3.8, 4) is 0 Å².